The maximum atomic E-state index is 12.4. The third-order valence-corrected chi connectivity index (χ3v) is 5.37. The van der Waals surface area contributed by atoms with Crippen molar-refractivity contribution in [1.82, 2.24) is 20.3 Å². The van der Waals surface area contributed by atoms with Crippen molar-refractivity contribution in [3.8, 4) is 0 Å². The number of halogens is 1. The molecule has 2 amide bonds. The molecule has 10 heteroatoms. The topological polar surface area (TPSA) is 101 Å². The van der Waals surface area contributed by atoms with Gasteiger partial charge in [-0.15, -0.1) is 29.3 Å². The smallest absolute Gasteiger partial charge is 0.277 e. The molecule has 0 saturated carbocycles. The average Bonchev–Trinajstić information content (AvgIpc) is 3.12. The number of hydrogen-bond acceptors (Lipinski definition) is 6. The fourth-order valence-corrected chi connectivity index (χ4v) is 3.77. The van der Waals surface area contributed by atoms with Crippen LogP contribution in [0.2, 0.25) is 0 Å². The van der Waals surface area contributed by atoms with E-state index in [1.165, 1.54) is 11.8 Å². The number of benzene rings is 1. The molecule has 0 unspecified atom stereocenters. The summed E-state index contributed by atoms with van der Waals surface area (Å²) in [6.45, 7) is 1.90. The van der Waals surface area contributed by atoms with E-state index < -0.39 is 0 Å². The van der Waals surface area contributed by atoms with Crippen LogP contribution in [0, 0.1) is 0 Å². The molecule has 0 atom stereocenters. The Morgan fingerprint density at radius 3 is 2.92 bits per heavy atom. The van der Waals surface area contributed by atoms with E-state index in [0.717, 1.165) is 36.5 Å². The highest BCUT2D eigenvalue weighted by atomic mass is 35.5. The Morgan fingerprint density at radius 1 is 1.31 bits per heavy atom. The normalized spacial score (nSPS) is 17.0. The molecule has 26 heavy (non-hydrogen) atoms. The van der Waals surface area contributed by atoms with Crippen LogP contribution in [0.1, 0.15) is 29.4 Å². The lowest BCUT2D eigenvalue weighted by molar-refractivity contribution is -0.113. The third kappa shape index (κ3) is 4.00. The van der Waals surface area contributed by atoms with Crippen LogP contribution in [0.4, 0.5) is 11.4 Å². The van der Waals surface area contributed by atoms with Gasteiger partial charge >= 0.3 is 0 Å². The van der Waals surface area contributed by atoms with Crippen molar-refractivity contribution in [2.75, 3.05) is 29.5 Å². The van der Waals surface area contributed by atoms with E-state index >= 15 is 0 Å². The van der Waals surface area contributed by atoms with Gasteiger partial charge in [-0.05, 0) is 44.1 Å². The Morgan fingerprint density at radius 2 is 2.12 bits per heavy atom. The van der Waals surface area contributed by atoms with Crippen molar-refractivity contribution >= 4 is 47.4 Å². The number of hydrogen-bond donors (Lipinski definition) is 3. The molecule has 8 nitrogen and oxygen atoms in total. The molecule has 2 aliphatic rings. The lowest BCUT2D eigenvalue weighted by Crippen LogP contribution is -2.29. The molecule has 3 N–H and O–H groups in total. The summed E-state index contributed by atoms with van der Waals surface area (Å²) in [7, 11) is 0. The first-order valence-corrected chi connectivity index (χ1v) is 9.18. The first-order chi connectivity index (χ1) is 12.2. The van der Waals surface area contributed by atoms with Gasteiger partial charge in [0.1, 0.15) is 0 Å². The van der Waals surface area contributed by atoms with Crippen LogP contribution >= 0.6 is 24.2 Å². The summed E-state index contributed by atoms with van der Waals surface area (Å²) in [4.78, 5) is 24.9. The summed E-state index contributed by atoms with van der Waals surface area (Å²) in [5.41, 5.74) is 1.62. The van der Waals surface area contributed by atoms with Crippen LogP contribution in [-0.2, 0) is 4.79 Å². The van der Waals surface area contributed by atoms with Gasteiger partial charge in [0.15, 0.2) is 5.69 Å². The minimum absolute atomic E-state index is 0. The number of aromatic nitrogens is 3. The summed E-state index contributed by atoms with van der Waals surface area (Å²) < 4.78 is 1.78. The van der Waals surface area contributed by atoms with E-state index in [0.29, 0.717) is 11.4 Å². The summed E-state index contributed by atoms with van der Waals surface area (Å²) >= 11 is 1.48. The van der Waals surface area contributed by atoms with Gasteiger partial charge in [-0.1, -0.05) is 5.21 Å². The molecule has 1 saturated heterocycles. The summed E-state index contributed by atoms with van der Waals surface area (Å²) in [6.07, 6.45) is 3.65. The predicted molar refractivity (Wildman–Crippen MR) is 102 cm³/mol. The zero-order valence-electron chi connectivity index (χ0n) is 13.9. The molecule has 0 spiro atoms. The van der Waals surface area contributed by atoms with E-state index in [2.05, 4.69) is 26.3 Å². The quantitative estimate of drug-likeness (QED) is 0.735. The largest absolute Gasteiger partial charge is 0.324 e. The lowest BCUT2D eigenvalue weighted by Gasteiger charge is -2.22. The van der Waals surface area contributed by atoms with Gasteiger partial charge in [0.05, 0.1) is 23.7 Å². The van der Waals surface area contributed by atoms with Crippen LogP contribution in [0.15, 0.2) is 29.3 Å². The number of carbonyl (C=O) groups excluding carboxylic acids is 2. The van der Waals surface area contributed by atoms with Gasteiger partial charge in [0, 0.05) is 10.6 Å². The number of fused-ring (bicyclic) bond motifs is 1. The van der Waals surface area contributed by atoms with Crippen LogP contribution < -0.4 is 16.0 Å². The van der Waals surface area contributed by atoms with Crippen molar-refractivity contribution in [3.05, 3.63) is 30.1 Å². The zero-order chi connectivity index (χ0) is 17.2. The number of anilines is 2. The van der Waals surface area contributed by atoms with Crippen LogP contribution in [-0.4, -0.2) is 45.7 Å². The second-order valence-electron chi connectivity index (χ2n) is 6.07. The number of nitrogens with one attached hydrogen (secondary N) is 3. The van der Waals surface area contributed by atoms with Crippen molar-refractivity contribution in [1.29, 1.82) is 0 Å². The van der Waals surface area contributed by atoms with E-state index in [1.54, 1.807) is 16.9 Å². The molecular weight excluding hydrogens is 376 g/mol. The molecule has 0 radical (unpaired) electrons. The maximum Gasteiger partial charge on any atom is 0.277 e. The second kappa shape index (κ2) is 8.07. The van der Waals surface area contributed by atoms with Gasteiger partial charge in [-0.2, -0.15) is 0 Å². The number of nitrogens with zero attached hydrogens (tertiary/aromatic N) is 3. The van der Waals surface area contributed by atoms with E-state index in [4.69, 9.17) is 0 Å². The Balaban J connectivity index is 0.00000196. The second-order valence-corrected chi connectivity index (χ2v) is 7.08. The van der Waals surface area contributed by atoms with Crippen LogP contribution in [0.25, 0.3) is 0 Å². The molecule has 4 rings (SSSR count). The molecule has 2 aliphatic heterocycles. The minimum Gasteiger partial charge on any atom is -0.324 e. The van der Waals surface area contributed by atoms with E-state index in [9.17, 15) is 9.59 Å². The van der Waals surface area contributed by atoms with Crippen LogP contribution in [0.3, 0.4) is 0 Å². The standard InChI is InChI=1S/C16H18N6O2S.ClH/c23-15-9-25-14-2-1-10(7-12(14)19-15)18-16(24)13-8-22(21-20-13)11-3-5-17-6-4-11;/h1-2,7-8,11,17H,3-6,9H2,(H,18,24)(H,19,23);1H. The minimum atomic E-state index is -0.310. The number of amides is 2. The molecule has 2 aromatic rings. The molecule has 0 bridgehead atoms. The number of thioether (sulfide) groups is 1. The van der Waals surface area contributed by atoms with Gasteiger partial charge < -0.3 is 16.0 Å². The SMILES string of the molecule is Cl.O=C1CSc2ccc(NC(=O)c3cn(C4CCNCC4)nn3)cc2N1. The summed E-state index contributed by atoms with van der Waals surface area (Å²) in [5.74, 6) is 0.0687. The van der Waals surface area contributed by atoms with Crippen molar-refractivity contribution in [3.63, 3.8) is 0 Å². The molecule has 3 heterocycles. The first-order valence-electron chi connectivity index (χ1n) is 8.19. The Labute approximate surface area is 160 Å². The Bertz CT molecular complexity index is 821. The number of piperidine rings is 1. The van der Waals surface area contributed by atoms with Gasteiger partial charge in [-0.25, -0.2) is 4.68 Å². The van der Waals surface area contributed by atoms with Gasteiger partial charge in [0.2, 0.25) is 5.91 Å². The Hall–Kier alpha value is -2.10. The lowest BCUT2D eigenvalue weighted by atomic mass is 10.1. The number of carbonyl (C=O) groups is 2. The highest BCUT2D eigenvalue weighted by Crippen LogP contribution is 2.33. The van der Waals surface area contributed by atoms with Crippen molar-refractivity contribution in [2.45, 2.75) is 23.8 Å². The first kappa shape index (κ1) is 18.7. The van der Waals surface area contributed by atoms with E-state index in [-0.39, 0.29) is 36.0 Å². The fraction of sp³-hybridized carbons (Fsp3) is 0.375. The fourth-order valence-electron chi connectivity index (χ4n) is 2.99. The third-order valence-electron chi connectivity index (χ3n) is 4.30. The Kier molecular flexibility index (Phi) is 5.80. The monoisotopic (exact) mass is 394 g/mol. The zero-order valence-corrected chi connectivity index (χ0v) is 15.5. The maximum absolute atomic E-state index is 12.4. The highest BCUT2D eigenvalue weighted by molar-refractivity contribution is 8.00. The molecule has 1 aromatic heterocycles. The molecule has 138 valence electrons. The predicted octanol–water partition coefficient (Wildman–Crippen LogP) is 1.92. The highest BCUT2D eigenvalue weighted by Gasteiger charge is 2.20. The molecule has 0 aliphatic carbocycles. The van der Waals surface area contributed by atoms with E-state index in [1.807, 2.05) is 12.1 Å². The van der Waals surface area contributed by atoms with Crippen molar-refractivity contribution in [2.24, 2.45) is 0 Å². The van der Waals surface area contributed by atoms with Crippen LogP contribution in [0.5, 0.6) is 0 Å². The molecule has 1 aromatic carbocycles. The molecule has 1 fully saturated rings. The summed E-state index contributed by atoms with van der Waals surface area (Å²) in [5, 5.41) is 17.0. The molecular formula is C16H19ClN6O2S. The average molecular weight is 395 g/mol. The summed E-state index contributed by atoms with van der Waals surface area (Å²) in [6, 6.07) is 5.75. The van der Waals surface area contributed by atoms with Gasteiger partial charge in [0.25, 0.3) is 5.91 Å². The number of rotatable bonds is 3. The van der Waals surface area contributed by atoms with Crippen molar-refractivity contribution < 1.29 is 9.59 Å². The van der Waals surface area contributed by atoms with Gasteiger partial charge in [-0.3, -0.25) is 9.59 Å².